The zero-order valence-corrected chi connectivity index (χ0v) is 12.3. The van der Waals surface area contributed by atoms with Crippen molar-refractivity contribution in [2.45, 2.75) is 12.3 Å². The molecule has 0 saturated heterocycles. The first-order valence-electron chi connectivity index (χ1n) is 7.53. The Labute approximate surface area is 130 Å². The second-order valence-electron chi connectivity index (χ2n) is 5.44. The van der Waals surface area contributed by atoms with E-state index < -0.39 is 7.12 Å². The van der Waals surface area contributed by atoms with Gasteiger partial charge in [-0.1, -0.05) is 54.6 Å². The summed E-state index contributed by atoms with van der Waals surface area (Å²) in [6.07, 6.45) is 0.774. The molecule has 1 aliphatic rings. The highest BCUT2D eigenvalue weighted by molar-refractivity contribution is 6.59. The van der Waals surface area contributed by atoms with Gasteiger partial charge in [0.25, 0.3) is 0 Å². The Morgan fingerprint density at radius 2 is 1.77 bits per heavy atom. The molecular weight excluding hydrogens is 275 g/mol. The molecule has 22 heavy (non-hydrogen) atoms. The molecule has 0 bridgehead atoms. The lowest BCUT2D eigenvalue weighted by Gasteiger charge is -2.21. The molecule has 2 aromatic rings. The van der Waals surface area contributed by atoms with Crippen molar-refractivity contribution in [3.63, 3.8) is 0 Å². The molecule has 4 nitrogen and oxygen atoms in total. The predicted molar refractivity (Wildman–Crippen MR) is 89.5 cm³/mol. The molecule has 1 unspecified atom stereocenters. The molecule has 0 saturated carbocycles. The van der Waals surface area contributed by atoms with E-state index in [0.717, 1.165) is 30.9 Å². The van der Waals surface area contributed by atoms with Gasteiger partial charge in [-0.2, -0.15) is 0 Å². The Morgan fingerprint density at radius 3 is 2.45 bits per heavy atom. The van der Waals surface area contributed by atoms with Crippen molar-refractivity contribution < 1.29 is 10.0 Å². The zero-order valence-electron chi connectivity index (χ0n) is 12.3. The van der Waals surface area contributed by atoms with Crippen LogP contribution in [0.2, 0.25) is 0 Å². The fourth-order valence-corrected chi connectivity index (χ4v) is 2.92. The first-order valence-corrected chi connectivity index (χ1v) is 7.53. The lowest BCUT2D eigenvalue weighted by atomic mass is 9.72. The number of nitrogens with one attached hydrogen (secondary N) is 1. The molecule has 0 amide bonds. The van der Waals surface area contributed by atoms with Crippen molar-refractivity contribution in [3.05, 3.63) is 65.7 Å². The summed E-state index contributed by atoms with van der Waals surface area (Å²) >= 11 is 0. The van der Waals surface area contributed by atoms with Crippen LogP contribution < -0.4 is 10.8 Å². The van der Waals surface area contributed by atoms with Gasteiger partial charge >= 0.3 is 7.12 Å². The highest BCUT2D eigenvalue weighted by Crippen LogP contribution is 2.22. The summed E-state index contributed by atoms with van der Waals surface area (Å²) in [6.45, 7) is 1.61. The Morgan fingerprint density at radius 1 is 1.05 bits per heavy atom. The van der Waals surface area contributed by atoms with E-state index in [0.29, 0.717) is 5.46 Å². The Bertz CT molecular complexity index is 659. The van der Waals surface area contributed by atoms with E-state index in [2.05, 4.69) is 22.4 Å². The Hall–Kier alpha value is -2.11. The van der Waals surface area contributed by atoms with Crippen molar-refractivity contribution in [1.29, 1.82) is 0 Å². The smallest absolute Gasteiger partial charge is 0.423 e. The van der Waals surface area contributed by atoms with Crippen molar-refractivity contribution >= 4 is 18.4 Å². The van der Waals surface area contributed by atoms with Crippen LogP contribution in [-0.4, -0.2) is 36.1 Å². The van der Waals surface area contributed by atoms with Crippen LogP contribution >= 0.6 is 0 Å². The molecule has 0 fully saturated rings. The average molecular weight is 294 g/mol. The SMILES string of the molecule is OB(O)c1ccccc1C(Cc1ccccc1)C1=NCCN1. The number of hydrogen-bond acceptors (Lipinski definition) is 4. The molecule has 3 N–H and O–H groups in total. The Kier molecular flexibility index (Phi) is 4.56. The number of hydrogen-bond donors (Lipinski definition) is 3. The van der Waals surface area contributed by atoms with Gasteiger partial charge in [0.1, 0.15) is 5.84 Å². The molecule has 112 valence electrons. The van der Waals surface area contributed by atoms with E-state index in [1.165, 1.54) is 5.56 Å². The van der Waals surface area contributed by atoms with E-state index in [1.54, 1.807) is 6.07 Å². The third-order valence-corrected chi connectivity index (χ3v) is 3.96. The van der Waals surface area contributed by atoms with Gasteiger partial charge < -0.3 is 15.4 Å². The number of aliphatic imine (C=N–C) groups is 1. The first kappa shape index (κ1) is 14.8. The second-order valence-corrected chi connectivity index (χ2v) is 5.44. The van der Waals surface area contributed by atoms with E-state index in [4.69, 9.17) is 0 Å². The molecule has 2 aromatic carbocycles. The third kappa shape index (κ3) is 3.21. The maximum atomic E-state index is 9.66. The molecule has 0 radical (unpaired) electrons. The van der Waals surface area contributed by atoms with Crippen molar-refractivity contribution in [2.75, 3.05) is 13.1 Å². The summed E-state index contributed by atoms with van der Waals surface area (Å²) in [6, 6.07) is 17.7. The van der Waals surface area contributed by atoms with Gasteiger partial charge in [0, 0.05) is 12.5 Å². The van der Waals surface area contributed by atoms with Gasteiger partial charge in [0.05, 0.1) is 6.54 Å². The second kappa shape index (κ2) is 6.77. The van der Waals surface area contributed by atoms with E-state index in [-0.39, 0.29) is 5.92 Å². The summed E-state index contributed by atoms with van der Waals surface area (Å²) in [5.74, 6) is 0.930. The molecule has 1 aliphatic heterocycles. The summed E-state index contributed by atoms with van der Waals surface area (Å²) < 4.78 is 0. The quantitative estimate of drug-likeness (QED) is 0.711. The van der Waals surface area contributed by atoms with Gasteiger partial charge in [0.2, 0.25) is 0 Å². The Balaban J connectivity index is 1.99. The van der Waals surface area contributed by atoms with E-state index in [1.807, 2.05) is 36.4 Å². The topological polar surface area (TPSA) is 64.8 Å². The molecule has 5 heteroatoms. The average Bonchev–Trinajstić information content (AvgIpc) is 3.08. The van der Waals surface area contributed by atoms with Crippen molar-refractivity contribution in [1.82, 2.24) is 5.32 Å². The largest absolute Gasteiger partial charge is 0.488 e. The minimum absolute atomic E-state index is 0.00269. The standard InChI is InChI=1S/C17H19BN2O2/c21-18(22)16-9-5-4-8-14(16)15(17-19-10-11-20-17)12-13-6-2-1-3-7-13/h1-9,15,21-22H,10-12H2,(H,19,20). The fraction of sp³-hybridized carbons (Fsp3) is 0.235. The van der Waals surface area contributed by atoms with Crippen LogP contribution in [0.1, 0.15) is 17.0 Å². The van der Waals surface area contributed by atoms with Crippen LogP contribution in [0.5, 0.6) is 0 Å². The first-order chi connectivity index (χ1) is 10.8. The maximum absolute atomic E-state index is 9.66. The highest BCUT2D eigenvalue weighted by Gasteiger charge is 2.26. The molecule has 0 spiro atoms. The van der Waals surface area contributed by atoms with Crippen LogP contribution in [-0.2, 0) is 6.42 Å². The fourth-order valence-electron chi connectivity index (χ4n) is 2.92. The maximum Gasteiger partial charge on any atom is 0.488 e. The monoisotopic (exact) mass is 294 g/mol. The zero-order chi connectivity index (χ0) is 15.4. The van der Waals surface area contributed by atoms with Gasteiger partial charge in [-0.05, 0) is 23.0 Å². The minimum Gasteiger partial charge on any atom is -0.423 e. The number of rotatable bonds is 5. The molecule has 1 atom stereocenters. The molecule has 3 rings (SSSR count). The lowest BCUT2D eigenvalue weighted by molar-refractivity contribution is 0.425. The molecular formula is C17H19BN2O2. The lowest BCUT2D eigenvalue weighted by Crippen LogP contribution is -2.37. The van der Waals surface area contributed by atoms with Crippen LogP contribution in [0.4, 0.5) is 0 Å². The summed E-state index contributed by atoms with van der Waals surface area (Å²) in [5, 5.41) is 22.6. The number of nitrogens with zero attached hydrogens (tertiary/aromatic N) is 1. The summed E-state index contributed by atoms with van der Waals surface area (Å²) in [7, 11) is -1.48. The van der Waals surface area contributed by atoms with Crippen molar-refractivity contribution in [2.24, 2.45) is 4.99 Å². The van der Waals surface area contributed by atoms with Gasteiger partial charge in [-0.15, -0.1) is 0 Å². The number of benzene rings is 2. The third-order valence-electron chi connectivity index (χ3n) is 3.96. The van der Waals surface area contributed by atoms with Gasteiger partial charge in [-0.25, -0.2) is 0 Å². The van der Waals surface area contributed by atoms with Gasteiger partial charge in [0.15, 0.2) is 0 Å². The summed E-state index contributed by atoms with van der Waals surface area (Å²) in [5.41, 5.74) is 2.65. The predicted octanol–water partition coefficient (Wildman–Crippen LogP) is 0.694. The van der Waals surface area contributed by atoms with Crippen LogP contribution in [0.15, 0.2) is 59.6 Å². The number of amidine groups is 1. The van der Waals surface area contributed by atoms with Crippen LogP contribution in [0.25, 0.3) is 0 Å². The van der Waals surface area contributed by atoms with E-state index in [9.17, 15) is 10.0 Å². The molecule has 0 aromatic heterocycles. The summed E-state index contributed by atoms with van der Waals surface area (Å²) in [4.78, 5) is 4.55. The van der Waals surface area contributed by atoms with E-state index >= 15 is 0 Å². The normalized spacial score (nSPS) is 15.1. The minimum atomic E-state index is -1.48. The molecule has 0 aliphatic carbocycles. The highest BCUT2D eigenvalue weighted by atomic mass is 16.4. The van der Waals surface area contributed by atoms with Gasteiger partial charge in [-0.3, -0.25) is 4.99 Å². The molecule has 1 heterocycles. The van der Waals surface area contributed by atoms with Crippen LogP contribution in [0.3, 0.4) is 0 Å². The van der Waals surface area contributed by atoms with Crippen molar-refractivity contribution in [3.8, 4) is 0 Å². The van der Waals surface area contributed by atoms with Crippen LogP contribution in [0, 0.1) is 0 Å².